The molecular formula is C22H35N3O3. The van der Waals surface area contributed by atoms with E-state index < -0.39 is 0 Å². The van der Waals surface area contributed by atoms with Crippen molar-refractivity contribution in [2.75, 3.05) is 44.7 Å². The molecule has 0 fully saturated rings. The molecule has 0 bridgehead atoms. The number of carbonyl (C=O) groups excluding carboxylic acids is 2. The van der Waals surface area contributed by atoms with Crippen molar-refractivity contribution in [2.24, 2.45) is 0 Å². The molecule has 0 aromatic heterocycles. The number of ether oxygens (including phenoxy) is 1. The predicted molar refractivity (Wildman–Crippen MR) is 113 cm³/mol. The highest BCUT2D eigenvalue weighted by atomic mass is 16.5. The zero-order valence-corrected chi connectivity index (χ0v) is 18.0. The highest BCUT2D eigenvalue weighted by Gasteiger charge is 2.28. The molecule has 0 saturated heterocycles. The molecule has 2 rings (SSSR count). The van der Waals surface area contributed by atoms with Gasteiger partial charge < -0.3 is 15.0 Å². The zero-order chi connectivity index (χ0) is 20.7. The quantitative estimate of drug-likeness (QED) is 0.660. The van der Waals surface area contributed by atoms with Crippen LogP contribution in [0.2, 0.25) is 0 Å². The Labute approximate surface area is 169 Å². The Balaban J connectivity index is 1.93. The van der Waals surface area contributed by atoms with Gasteiger partial charge in [-0.1, -0.05) is 40.2 Å². The van der Waals surface area contributed by atoms with Gasteiger partial charge in [-0.25, -0.2) is 0 Å². The van der Waals surface area contributed by atoms with Crippen molar-refractivity contribution in [3.8, 4) is 5.75 Å². The molecule has 0 aliphatic carbocycles. The van der Waals surface area contributed by atoms with Gasteiger partial charge in [0, 0.05) is 6.54 Å². The maximum atomic E-state index is 12.4. The molecule has 1 aliphatic heterocycles. The summed E-state index contributed by atoms with van der Waals surface area (Å²) < 4.78 is 5.54. The van der Waals surface area contributed by atoms with E-state index in [1.165, 1.54) is 17.7 Å². The third-order valence-electron chi connectivity index (χ3n) is 5.00. The number of nitrogens with one attached hydrogen (secondary N) is 1. The molecule has 0 saturated carbocycles. The van der Waals surface area contributed by atoms with Crippen molar-refractivity contribution in [3.63, 3.8) is 0 Å². The number of hydrogen-bond donors (Lipinski definition) is 1. The molecule has 1 aromatic rings. The van der Waals surface area contributed by atoms with Gasteiger partial charge in [-0.15, -0.1) is 0 Å². The van der Waals surface area contributed by atoms with Crippen LogP contribution in [0.25, 0.3) is 0 Å². The van der Waals surface area contributed by atoms with E-state index >= 15 is 0 Å². The Bertz CT molecular complexity index is 682. The van der Waals surface area contributed by atoms with Crippen molar-refractivity contribution in [1.82, 2.24) is 10.2 Å². The average Bonchev–Trinajstić information content (AvgIpc) is 2.64. The number of anilines is 1. The highest BCUT2D eigenvalue weighted by molar-refractivity contribution is 6.02. The maximum absolute atomic E-state index is 12.4. The molecule has 2 amide bonds. The van der Waals surface area contributed by atoms with E-state index in [0.717, 1.165) is 25.1 Å². The molecule has 28 heavy (non-hydrogen) atoms. The summed E-state index contributed by atoms with van der Waals surface area (Å²) >= 11 is 0. The summed E-state index contributed by atoms with van der Waals surface area (Å²) in [6, 6.07) is 5.86. The van der Waals surface area contributed by atoms with E-state index in [1.54, 1.807) is 0 Å². The van der Waals surface area contributed by atoms with Crippen LogP contribution in [0.3, 0.4) is 0 Å². The van der Waals surface area contributed by atoms with E-state index in [2.05, 4.69) is 45.0 Å². The largest absolute Gasteiger partial charge is 0.482 e. The van der Waals surface area contributed by atoms with Crippen LogP contribution in [-0.4, -0.2) is 56.5 Å². The van der Waals surface area contributed by atoms with Gasteiger partial charge >= 0.3 is 0 Å². The van der Waals surface area contributed by atoms with Gasteiger partial charge in [-0.2, -0.15) is 0 Å². The van der Waals surface area contributed by atoms with Gasteiger partial charge in [0.15, 0.2) is 6.61 Å². The Kier molecular flexibility index (Phi) is 7.87. The van der Waals surface area contributed by atoms with Gasteiger partial charge in [0.05, 0.1) is 5.69 Å². The molecule has 1 aliphatic rings. The Morgan fingerprint density at radius 1 is 1.25 bits per heavy atom. The minimum atomic E-state index is -0.187. The fourth-order valence-electron chi connectivity index (χ4n) is 3.16. The Morgan fingerprint density at radius 2 is 1.96 bits per heavy atom. The number of hydrogen-bond acceptors (Lipinski definition) is 4. The lowest BCUT2D eigenvalue weighted by atomic mass is 9.86. The average molecular weight is 390 g/mol. The fraction of sp³-hybridized carbons (Fsp3) is 0.636. The van der Waals surface area contributed by atoms with E-state index in [0.29, 0.717) is 18.0 Å². The van der Waals surface area contributed by atoms with Crippen molar-refractivity contribution in [2.45, 2.75) is 52.4 Å². The van der Waals surface area contributed by atoms with Gasteiger partial charge in [-0.05, 0) is 56.1 Å². The van der Waals surface area contributed by atoms with Crippen LogP contribution >= 0.6 is 0 Å². The second-order valence-electron chi connectivity index (χ2n) is 8.56. The number of carbonyl (C=O) groups is 2. The fourth-order valence-corrected chi connectivity index (χ4v) is 3.16. The van der Waals surface area contributed by atoms with Crippen LogP contribution in [0.5, 0.6) is 5.75 Å². The van der Waals surface area contributed by atoms with Crippen molar-refractivity contribution in [3.05, 3.63) is 23.8 Å². The van der Waals surface area contributed by atoms with E-state index in [9.17, 15) is 9.59 Å². The molecule has 6 nitrogen and oxygen atoms in total. The molecule has 6 heteroatoms. The minimum Gasteiger partial charge on any atom is -0.482 e. The molecule has 1 heterocycles. The number of nitrogens with zero attached hydrogens (tertiary/aromatic N) is 2. The van der Waals surface area contributed by atoms with E-state index in [-0.39, 0.29) is 30.4 Å². The summed E-state index contributed by atoms with van der Waals surface area (Å²) in [7, 11) is 2.10. The third kappa shape index (κ3) is 6.23. The number of rotatable bonds is 9. The Hall–Kier alpha value is -2.08. The molecule has 156 valence electrons. The van der Waals surface area contributed by atoms with Crippen LogP contribution in [-0.2, 0) is 15.0 Å². The second-order valence-corrected chi connectivity index (χ2v) is 8.56. The maximum Gasteiger partial charge on any atom is 0.265 e. The summed E-state index contributed by atoms with van der Waals surface area (Å²) in [5.74, 6) is 0.324. The minimum absolute atomic E-state index is 0.0223. The summed E-state index contributed by atoms with van der Waals surface area (Å²) in [6.45, 7) is 11.2. The molecule has 0 radical (unpaired) electrons. The van der Waals surface area contributed by atoms with Crippen LogP contribution in [0.15, 0.2) is 18.2 Å². The van der Waals surface area contributed by atoms with Crippen LogP contribution < -0.4 is 15.0 Å². The Morgan fingerprint density at radius 3 is 2.64 bits per heavy atom. The van der Waals surface area contributed by atoms with Crippen LogP contribution in [0.4, 0.5) is 5.69 Å². The lowest BCUT2D eigenvalue weighted by Crippen LogP contribution is -2.45. The second kappa shape index (κ2) is 9.92. The number of fused-ring (bicyclic) bond motifs is 1. The van der Waals surface area contributed by atoms with E-state index in [1.807, 2.05) is 18.2 Å². The van der Waals surface area contributed by atoms with Crippen molar-refractivity contribution >= 4 is 17.5 Å². The van der Waals surface area contributed by atoms with Gasteiger partial charge in [0.25, 0.3) is 5.91 Å². The first kappa shape index (κ1) is 22.2. The van der Waals surface area contributed by atoms with E-state index in [4.69, 9.17) is 4.74 Å². The lowest BCUT2D eigenvalue weighted by Gasteiger charge is -2.31. The van der Waals surface area contributed by atoms with Crippen LogP contribution in [0.1, 0.15) is 52.5 Å². The van der Waals surface area contributed by atoms with Crippen LogP contribution in [0, 0.1) is 0 Å². The molecular weight excluding hydrogens is 354 g/mol. The topological polar surface area (TPSA) is 61.9 Å². The molecule has 0 atom stereocenters. The normalized spacial score (nSPS) is 14.1. The monoisotopic (exact) mass is 389 g/mol. The third-order valence-corrected chi connectivity index (χ3v) is 5.00. The molecule has 1 N–H and O–H groups in total. The van der Waals surface area contributed by atoms with Gasteiger partial charge in [0.2, 0.25) is 5.91 Å². The first-order valence-electron chi connectivity index (χ1n) is 10.2. The first-order valence-corrected chi connectivity index (χ1v) is 10.2. The summed E-state index contributed by atoms with van der Waals surface area (Å²) in [5.41, 5.74) is 1.73. The summed E-state index contributed by atoms with van der Waals surface area (Å²) in [4.78, 5) is 28.6. The first-order chi connectivity index (χ1) is 13.2. The molecule has 0 unspecified atom stereocenters. The SMILES string of the molecule is CCCCN(C)CCCNC(=O)CN1C(=O)COc2ccc(C(C)(C)C)cc21. The molecule has 0 spiro atoms. The smallest absolute Gasteiger partial charge is 0.265 e. The number of unbranched alkanes of at least 4 members (excludes halogenated alkanes) is 1. The van der Waals surface area contributed by atoms with Crippen molar-refractivity contribution < 1.29 is 14.3 Å². The van der Waals surface area contributed by atoms with Gasteiger partial charge in [-0.3, -0.25) is 14.5 Å². The lowest BCUT2D eigenvalue weighted by molar-refractivity contribution is -0.125. The molecule has 1 aromatic carbocycles. The summed E-state index contributed by atoms with van der Waals surface area (Å²) in [6.07, 6.45) is 3.28. The number of benzene rings is 1. The van der Waals surface area contributed by atoms with Gasteiger partial charge in [0.1, 0.15) is 12.3 Å². The zero-order valence-electron chi connectivity index (χ0n) is 18.0. The number of amides is 2. The highest BCUT2D eigenvalue weighted by Crippen LogP contribution is 2.36. The predicted octanol–water partition coefficient (Wildman–Crippen LogP) is 2.95. The van der Waals surface area contributed by atoms with Crippen molar-refractivity contribution in [1.29, 1.82) is 0 Å². The summed E-state index contributed by atoms with van der Waals surface area (Å²) in [5, 5.41) is 2.94. The standard InChI is InChI=1S/C22H35N3O3/c1-6-7-12-24(5)13-8-11-23-20(26)15-25-18-14-17(22(2,3)4)9-10-19(18)28-16-21(25)27/h9-10,14H,6-8,11-13,15-16H2,1-5H3,(H,23,26).